The van der Waals surface area contributed by atoms with Gasteiger partial charge in [-0.1, -0.05) is 96.6 Å². The number of hydrogen-bond donors (Lipinski definition) is 2. The van der Waals surface area contributed by atoms with Gasteiger partial charge in [0.05, 0.1) is 39.9 Å². The Hall–Kier alpha value is -0.760. The maximum Gasteiger partial charge on any atom is 0.268 e. The Bertz CT molecular complexity index is 683. The summed E-state index contributed by atoms with van der Waals surface area (Å²) in [5.41, 5.74) is 0. The van der Waals surface area contributed by atoms with Crippen LogP contribution in [0.1, 0.15) is 129 Å². The maximum absolute atomic E-state index is 12.6. The number of phosphoric ester groups is 1. The first-order valence-electron chi connectivity index (χ1n) is 16.0. The summed E-state index contributed by atoms with van der Waals surface area (Å²) in [5.74, 6) is -0.188. The van der Waals surface area contributed by atoms with Gasteiger partial charge in [0.1, 0.15) is 13.2 Å². The highest BCUT2D eigenvalue weighted by atomic mass is 31.2. The number of carbonyl (C=O) groups excluding carboxylic acids is 1. The second kappa shape index (κ2) is 24.8. The highest BCUT2D eigenvalue weighted by Crippen LogP contribution is 2.38. The smallest absolute Gasteiger partial charge is 0.268 e. The average molecular weight is 591 g/mol. The van der Waals surface area contributed by atoms with Crippen molar-refractivity contribution in [1.29, 1.82) is 0 Å². The van der Waals surface area contributed by atoms with Crippen LogP contribution >= 0.6 is 7.82 Å². The number of carbonyl (C=O) groups is 1. The summed E-state index contributed by atoms with van der Waals surface area (Å²) in [5, 5.41) is 13.4. The van der Waals surface area contributed by atoms with Crippen molar-refractivity contribution >= 4 is 13.7 Å². The van der Waals surface area contributed by atoms with Gasteiger partial charge >= 0.3 is 0 Å². The van der Waals surface area contributed by atoms with Crippen LogP contribution in [0.25, 0.3) is 0 Å². The van der Waals surface area contributed by atoms with Crippen LogP contribution in [0.4, 0.5) is 0 Å². The van der Waals surface area contributed by atoms with E-state index >= 15 is 0 Å². The topological polar surface area (TPSA) is 108 Å². The fourth-order valence-corrected chi connectivity index (χ4v) is 5.05. The van der Waals surface area contributed by atoms with E-state index in [4.69, 9.17) is 9.05 Å². The Morgan fingerprint density at radius 3 is 1.95 bits per heavy atom. The van der Waals surface area contributed by atoms with E-state index in [-0.39, 0.29) is 19.1 Å². The predicted molar refractivity (Wildman–Crippen MR) is 164 cm³/mol. The number of hydrogen-bond acceptors (Lipinski definition) is 6. The number of rotatable bonds is 28. The Balaban J connectivity index is 4.25. The second-order valence-corrected chi connectivity index (χ2v) is 13.6. The minimum absolute atomic E-state index is 0.00976. The second-order valence-electron chi connectivity index (χ2n) is 12.2. The van der Waals surface area contributed by atoms with Gasteiger partial charge in [0.15, 0.2) is 0 Å². The van der Waals surface area contributed by atoms with Gasteiger partial charge in [-0.3, -0.25) is 9.36 Å². The molecule has 0 heterocycles. The van der Waals surface area contributed by atoms with Crippen LogP contribution in [0.5, 0.6) is 0 Å². The number of nitrogens with one attached hydrogen (secondary N) is 1. The molecule has 0 aliphatic rings. The van der Waals surface area contributed by atoms with Gasteiger partial charge in [-0.15, -0.1) is 0 Å². The van der Waals surface area contributed by atoms with Gasteiger partial charge < -0.3 is 28.8 Å². The van der Waals surface area contributed by atoms with Crippen molar-refractivity contribution in [2.45, 2.75) is 142 Å². The molecule has 0 rings (SSSR count). The molecule has 8 nitrogen and oxygen atoms in total. The molecule has 3 atom stereocenters. The first-order chi connectivity index (χ1) is 19.0. The summed E-state index contributed by atoms with van der Waals surface area (Å²) in [6, 6.07) is -0.795. The minimum Gasteiger partial charge on any atom is -0.756 e. The van der Waals surface area contributed by atoms with Crippen molar-refractivity contribution in [1.82, 2.24) is 5.32 Å². The minimum atomic E-state index is -4.53. The zero-order valence-electron chi connectivity index (χ0n) is 26.5. The zero-order valence-corrected chi connectivity index (χ0v) is 27.4. The van der Waals surface area contributed by atoms with Gasteiger partial charge in [-0.25, -0.2) is 0 Å². The fourth-order valence-electron chi connectivity index (χ4n) is 4.32. The van der Waals surface area contributed by atoms with Crippen molar-refractivity contribution < 1.29 is 32.9 Å². The van der Waals surface area contributed by atoms with E-state index in [1.165, 1.54) is 51.4 Å². The van der Waals surface area contributed by atoms with Gasteiger partial charge in [-0.05, 0) is 38.5 Å². The van der Waals surface area contributed by atoms with Gasteiger partial charge in [-0.2, -0.15) is 0 Å². The zero-order chi connectivity index (χ0) is 30.1. The number of amides is 1. The molecule has 0 aliphatic carbocycles. The Morgan fingerprint density at radius 1 is 0.850 bits per heavy atom. The third-order valence-corrected chi connectivity index (χ3v) is 7.97. The van der Waals surface area contributed by atoms with Crippen LogP contribution in [0, 0.1) is 0 Å². The molecule has 0 aromatic rings. The number of unbranched alkanes of at least 4 members (excludes halogenated alkanes) is 13. The number of aliphatic hydroxyl groups excluding tert-OH is 1. The maximum atomic E-state index is 12.6. The molecule has 0 saturated heterocycles. The third-order valence-electron chi connectivity index (χ3n) is 7.00. The lowest BCUT2D eigenvalue weighted by Crippen LogP contribution is -2.46. The number of likely N-dealkylation sites (N-methyl/N-ethyl adjacent to an activating group) is 1. The van der Waals surface area contributed by atoms with E-state index in [0.29, 0.717) is 23.9 Å². The summed E-state index contributed by atoms with van der Waals surface area (Å²) in [4.78, 5) is 24.8. The Labute approximate surface area is 246 Å². The summed E-state index contributed by atoms with van der Waals surface area (Å²) >= 11 is 0. The van der Waals surface area contributed by atoms with Crippen LogP contribution in [0.3, 0.4) is 0 Å². The van der Waals surface area contributed by atoms with E-state index in [9.17, 15) is 19.4 Å². The van der Waals surface area contributed by atoms with E-state index in [2.05, 4.69) is 31.3 Å². The van der Waals surface area contributed by atoms with Gasteiger partial charge in [0.25, 0.3) is 7.82 Å². The SMILES string of the molecule is CCCCCCCC/C=C\CCCCCCCC(=O)NC(COP(=O)([O-])OCC[N+](C)(C)C)C(O)CCCCC. The molecule has 40 heavy (non-hydrogen) atoms. The molecule has 238 valence electrons. The first kappa shape index (κ1) is 39.2. The highest BCUT2D eigenvalue weighted by molar-refractivity contribution is 7.45. The lowest BCUT2D eigenvalue weighted by molar-refractivity contribution is -0.870. The standard InChI is InChI=1S/C31H63N2O6P/c1-6-8-10-11-12-13-14-15-16-17-18-19-20-21-23-25-31(35)32-29(30(34)24-22-9-7-2)28-39-40(36,37)38-27-26-33(3,4)5/h15-16,29-30,34H,6-14,17-28H2,1-5H3,(H-,32,35,36,37)/b16-15-. The molecule has 0 aromatic carbocycles. The molecular weight excluding hydrogens is 527 g/mol. The summed E-state index contributed by atoms with van der Waals surface area (Å²) in [6.07, 6.45) is 22.9. The summed E-state index contributed by atoms with van der Waals surface area (Å²) in [7, 11) is 1.29. The van der Waals surface area contributed by atoms with Crippen LogP contribution in [-0.4, -0.2) is 68.5 Å². The van der Waals surface area contributed by atoms with Crippen molar-refractivity contribution in [3.8, 4) is 0 Å². The molecule has 3 unspecified atom stereocenters. The van der Waals surface area contributed by atoms with Crippen LogP contribution in [0.15, 0.2) is 12.2 Å². The average Bonchev–Trinajstić information content (AvgIpc) is 2.88. The number of aliphatic hydroxyl groups is 1. The van der Waals surface area contributed by atoms with E-state index < -0.39 is 20.0 Å². The third kappa shape index (κ3) is 26.2. The molecule has 0 aliphatic heterocycles. The quantitative estimate of drug-likeness (QED) is 0.0457. The van der Waals surface area contributed by atoms with E-state index in [1.54, 1.807) is 0 Å². The number of nitrogens with zero attached hydrogens (tertiary/aromatic N) is 1. The van der Waals surface area contributed by atoms with Crippen molar-refractivity contribution in [3.63, 3.8) is 0 Å². The van der Waals surface area contributed by atoms with Crippen molar-refractivity contribution in [2.75, 3.05) is 40.9 Å². The molecule has 0 aromatic heterocycles. The Morgan fingerprint density at radius 2 is 1.38 bits per heavy atom. The van der Waals surface area contributed by atoms with Crippen molar-refractivity contribution in [3.05, 3.63) is 12.2 Å². The Kier molecular flexibility index (Phi) is 24.3. The molecular formula is C31H63N2O6P. The molecule has 9 heteroatoms. The number of phosphoric acid groups is 1. The first-order valence-corrected chi connectivity index (χ1v) is 17.5. The monoisotopic (exact) mass is 590 g/mol. The number of allylic oxidation sites excluding steroid dienone is 2. The van der Waals surface area contributed by atoms with Crippen LogP contribution < -0.4 is 10.2 Å². The van der Waals surface area contributed by atoms with Gasteiger partial charge in [0.2, 0.25) is 5.91 Å². The van der Waals surface area contributed by atoms with E-state index in [0.717, 1.165) is 51.4 Å². The molecule has 1 amide bonds. The molecule has 0 saturated carbocycles. The number of quaternary nitrogens is 1. The van der Waals surface area contributed by atoms with Crippen LogP contribution in [0.2, 0.25) is 0 Å². The fraction of sp³-hybridized carbons (Fsp3) is 0.903. The predicted octanol–water partition coefficient (Wildman–Crippen LogP) is 6.66. The van der Waals surface area contributed by atoms with E-state index in [1.807, 2.05) is 21.1 Å². The molecule has 0 radical (unpaired) electrons. The largest absolute Gasteiger partial charge is 0.756 e. The molecule has 2 N–H and O–H groups in total. The molecule has 0 bridgehead atoms. The molecule has 0 spiro atoms. The van der Waals surface area contributed by atoms with Crippen LogP contribution in [-0.2, 0) is 18.4 Å². The summed E-state index contributed by atoms with van der Waals surface area (Å²) in [6.45, 7) is 4.50. The highest BCUT2D eigenvalue weighted by Gasteiger charge is 2.24. The van der Waals surface area contributed by atoms with Gasteiger partial charge in [0, 0.05) is 6.42 Å². The normalized spacial score (nSPS) is 15.3. The lowest BCUT2D eigenvalue weighted by Gasteiger charge is -2.30. The van der Waals surface area contributed by atoms with Crippen molar-refractivity contribution in [2.24, 2.45) is 0 Å². The lowest BCUT2D eigenvalue weighted by atomic mass is 10.0. The summed E-state index contributed by atoms with van der Waals surface area (Å²) < 4.78 is 22.8. The molecule has 0 fully saturated rings.